The molecule has 1 aliphatic heterocycles. The molecule has 1 amide bonds. The summed E-state index contributed by atoms with van der Waals surface area (Å²) in [7, 11) is -1.73. The second-order valence-electron chi connectivity index (χ2n) is 7.80. The van der Waals surface area contributed by atoms with Crippen molar-refractivity contribution in [1.29, 1.82) is 0 Å². The van der Waals surface area contributed by atoms with Gasteiger partial charge in [0.2, 0.25) is 15.9 Å². The highest BCUT2D eigenvalue weighted by Gasteiger charge is 2.31. The fourth-order valence-corrected chi connectivity index (χ4v) is 5.55. The largest absolute Gasteiger partial charge is 0.497 e. The van der Waals surface area contributed by atoms with Gasteiger partial charge < -0.3 is 10.1 Å². The molecule has 0 aliphatic carbocycles. The van der Waals surface area contributed by atoms with Gasteiger partial charge in [0, 0.05) is 30.0 Å². The first kappa shape index (κ1) is 23.8. The van der Waals surface area contributed by atoms with Crippen molar-refractivity contribution in [3.8, 4) is 5.75 Å². The molecule has 3 rings (SSSR count). The Morgan fingerprint density at radius 3 is 2.29 bits per heavy atom. The summed E-state index contributed by atoms with van der Waals surface area (Å²) in [4.78, 5) is 12.5. The first-order valence-corrected chi connectivity index (χ1v) is 12.9. The van der Waals surface area contributed by atoms with Crippen molar-refractivity contribution in [3.63, 3.8) is 0 Å². The van der Waals surface area contributed by atoms with E-state index in [2.05, 4.69) is 21.2 Å². The zero-order chi connectivity index (χ0) is 22.3. The molecule has 1 heterocycles. The molecule has 1 aliphatic rings. The van der Waals surface area contributed by atoms with E-state index in [1.165, 1.54) is 9.87 Å². The van der Waals surface area contributed by atoms with Crippen molar-refractivity contribution in [3.05, 3.63) is 64.1 Å². The maximum absolute atomic E-state index is 12.7. The zero-order valence-electron chi connectivity index (χ0n) is 17.7. The number of piperidine rings is 1. The van der Waals surface area contributed by atoms with E-state index in [0.29, 0.717) is 32.5 Å². The van der Waals surface area contributed by atoms with Gasteiger partial charge in [-0.2, -0.15) is 0 Å². The molecule has 1 fully saturated rings. The Hall–Kier alpha value is -1.90. The second-order valence-corrected chi connectivity index (χ2v) is 10.7. The van der Waals surface area contributed by atoms with E-state index in [1.807, 2.05) is 48.5 Å². The van der Waals surface area contributed by atoms with Gasteiger partial charge in [0.15, 0.2) is 0 Å². The fraction of sp³-hybridized carbons (Fsp3) is 0.435. The Morgan fingerprint density at radius 1 is 1.06 bits per heavy atom. The molecule has 6 nitrogen and oxygen atoms in total. The minimum Gasteiger partial charge on any atom is -0.497 e. The summed E-state index contributed by atoms with van der Waals surface area (Å²) in [6.07, 6.45) is 2.86. The van der Waals surface area contributed by atoms with Crippen molar-refractivity contribution >= 4 is 31.9 Å². The number of amides is 1. The van der Waals surface area contributed by atoms with Crippen LogP contribution in [0.5, 0.6) is 5.75 Å². The summed E-state index contributed by atoms with van der Waals surface area (Å²) < 4.78 is 33.0. The Labute approximate surface area is 193 Å². The quantitative estimate of drug-likeness (QED) is 0.523. The average molecular weight is 509 g/mol. The summed E-state index contributed by atoms with van der Waals surface area (Å²) in [6, 6.07) is 15.3. The van der Waals surface area contributed by atoms with Crippen LogP contribution in [0.25, 0.3) is 0 Å². The standard InChI is InChI=1S/C23H29BrN2O4S/c1-30-22-10-6-18(7-11-22)3-2-14-25-23(27)20-12-15-26(16-13-20)31(28,29)17-19-4-8-21(24)9-5-19/h4-11,20H,2-3,12-17H2,1H3,(H,25,27). The molecule has 1 N–H and O–H groups in total. The normalized spacial score (nSPS) is 15.5. The lowest BCUT2D eigenvalue weighted by Crippen LogP contribution is -2.43. The maximum Gasteiger partial charge on any atom is 0.223 e. The summed E-state index contributed by atoms with van der Waals surface area (Å²) in [5, 5.41) is 3.01. The molecule has 0 spiro atoms. The van der Waals surface area contributed by atoms with Crippen molar-refractivity contribution in [1.82, 2.24) is 9.62 Å². The number of halogens is 1. The summed E-state index contributed by atoms with van der Waals surface area (Å²) in [5.74, 6) is 0.727. The number of sulfonamides is 1. The van der Waals surface area contributed by atoms with E-state index in [-0.39, 0.29) is 17.6 Å². The van der Waals surface area contributed by atoms with Gasteiger partial charge in [-0.15, -0.1) is 0 Å². The Kier molecular flexibility index (Phi) is 8.51. The van der Waals surface area contributed by atoms with E-state index in [9.17, 15) is 13.2 Å². The highest BCUT2D eigenvalue weighted by Crippen LogP contribution is 2.22. The summed E-state index contributed by atoms with van der Waals surface area (Å²) >= 11 is 3.36. The van der Waals surface area contributed by atoms with Crippen LogP contribution in [0.2, 0.25) is 0 Å². The van der Waals surface area contributed by atoms with Crippen LogP contribution >= 0.6 is 15.9 Å². The molecule has 0 radical (unpaired) electrons. The average Bonchev–Trinajstić information content (AvgIpc) is 2.78. The Bertz CT molecular complexity index is 954. The second kappa shape index (κ2) is 11.1. The van der Waals surface area contributed by atoms with Gasteiger partial charge >= 0.3 is 0 Å². The van der Waals surface area contributed by atoms with Crippen LogP contribution in [-0.2, 0) is 27.0 Å². The van der Waals surface area contributed by atoms with Crippen molar-refractivity contribution in [2.45, 2.75) is 31.4 Å². The van der Waals surface area contributed by atoms with Crippen LogP contribution in [-0.4, -0.2) is 45.4 Å². The minimum absolute atomic E-state index is 0.0114. The summed E-state index contributed by atoms with van der Waals surface area (Å²) in [5.41, 5.74) is 1.97. The molecule has 168 valence electrons. The number of nitrogens with one attached hydrogen (secondary N) is 1. The molecule has 8 heteroatoms. The molecular weight excluding hydrogens is 480 g/mol. The third-order valence-corrected chi connectivity index (χ3v) is 7.96. The molecule has 0 atom stereocenters. The molecule has 31 heavy (non-hydrogen) atoms. The van der Waals surface area contributed by atoms with Crippen LogP contribution < -0.4 is 10.1 Å². The lowest BCUT2D eigenvalue weighted by atomic mass is 9.97. The third-order valence-electron chi connectivity index (χ3n) is 5.58. The maximum atomic E-state index is 12.7. The number of rotatable bonds is 9. The first-order chi connectivity index (χ1) is 14.9. The number of ether oxygens (including phenoxy) is 1. The number of methoxy groups -OCH3 is 1. The van der Waals surface area contributed by atoms with Crippen LogP contribution in [0, 0.1) is 5.92 Å². The number of hydrogen-bond donors (Lipinski definition) is 1. The van der Waals surface area contributed by atoms with Gasteiger partial charge in [-0.25, -0.2) is 12.7 Å². The smallest absolute Gasteiger partial charge is 0.223 e. The lowest BCUT2D eigenvalue weighted by molar-refractivity contribution is -0.126. The van der Waals surface area contributed by atoms with Gasteiger partial charge in [-0.1, -0.05) is 40.2 Å². The number of carbonyl (C=O) groups is 1. The minimum atomic E-state index is -3.38. The highest BCUT2D eigenvalue weighted by molar-refractivity contribution is 9.10. The predicted octanol–water partition coefficient (Wildman–Crippen LogP) is 3.75. The fourth-order valence-electron chi connectivity index (χ4n) is 3.72. The monoisotopic (exact) mass is 508 g/mol. The van der Waals surface area contributed by atoms with Crippen LogP contribution in [0.3, 0.4) is 0 Å². The molecule has 1 saturated heterocycles. The third kappa shape index (κ3) is 7.05. The topological polar surface area (TPSA) is 75.7 Å². The summed E-state index contributed by atoms with van der Waals surface area (Å²) in [6.45, 7) is 1.40. The molecule has 0 aromatic heterocycles. The molecule has 0 saturated carbocycles. The van der Waals surface area contributed by atoms with Crippen LogP contribution in [0.4, 0.5) is 0 Å². The van der Waals surface area contributed by atoms with E-state index in [0.717, 1.165) is 28.6 Å². The van der Waals surface area contributed by atoms with E-state index in [4.69, 9.17) is 4.74 Å². The van der Waals surface area contributed by atoms with Gasteiger partial charge in [-0.3, -0.25) is 4.79 Å². The number of carbonyl (C=O) groups excluding carboxylic acids is 1. The number of aryl methyl sites for hydroxylation is 1. The SMILES string of the molecule is COc1ccc(CCCNC(=O)C2CCN(S(=O)(=O)Cc3ccc(Br)cc3)CC2)cc1. The van der Waals surface area contributed by atoms with Gasteiger partial charge in [0.1, 0.15) is 5.75 Å². The predicted molar refractivity (Wildman–Crippen MR) is 125 cm³/mol. The van der Waals surface area contributed by atoms with Gasteiger partial charge in [-0.05, 0) is 61.1 Å². The van der Waals surface area contributed by atoms with E-state index in [1.54, 1.807) is 7.11 Å². The lowest BCUT2D eigenvalue weighted by Gasteiger charge is -2.30. The van der Waals surface area contributed by atoms with Crippen molar-refractivity contribution in [2.75, 3.05) is 26.7 Å². The number of nitrogens with zero attached hydrogens (tertiary/aromatic N) is 1. The molecule has 2 aromatic carbocycles. The number of hydrogen-bond acceptors (Lipinski definition) is 4. The molecular formula is C23H29BrN2O4S. The van der Waals surface area contributed by atoms with Gasteiger partial charge in [0.05, 0.1) is 12.9 Å². The highest BCUT2D eigenvalue weighted by atomic mass is 79.9. The molecule has 0 bridgehead atoms. The van der Waals surface area contributed by atoms with E-state index >= 15 is 0 Å². The van der Waals surface area contributed by atoms with Crippen LogP contribution in [0.1, 0.15) is 30.4 Å². The van der Waals surface area contributed by atoms with Crippen molar-refractivity contribution < 1.29 is 17.9 Å². The van der Waals surface area contributed by atoms with Gasteiger partial charge in [0.25, 0.3) is 0 Å². The zero-order valence-corrected chi connectivity index (χ0v) is 20.1. The Balaban J connectivity index is 1.39. The first-order valence-electron chi connectivity index (χ1n) is 10.5. The van der Waals surface area contributed by atoms with Crippen LogP contribution in [0.15, 0.2) is 53.0 Å². The molecule has 2 aromatic rings. The Morgan fingerprint density at radius 2 is 1.68 bits per heavy atom. The van der Waals surface area contributed by atoms with Crippen molar-refractivity contribution in [2.24, 2.45) is 5.92 Å². The molecule has 0 unspecified atom stereocenters. The van der Waals surface area contributed by atoms with E-state index < -0.39 is 10.0 Å². The number of benzene rings is 2.